The minimum atomic E-state index is -0.929. The molecule has 0 aliphatic rings. The number of hydrogen-bond donors (Lipinski definition) is 1. The second kappa shape index (κ2) is 7.05. The third-order valence-electron chi connectivity index (χ3n) is 3.15. The van der Waals surface area contributed by atoms with Gasteiger partial charge >= 0.3 is 11.7 Å². The number of carbonyl (C=O) groups is 1. The van der Waals surface area contributed by atoms with Crippen molar-refractivity contribution in [1.82, 2.24) is 9.78 Å². The molecule has 118 valence electrons. The van der Waals surface area contributed by atoms with Gasteiger partial charge in [0.05, 0.1) is 11.3 Å². The lowest BCUT2D eigenvalue weighted by molar-refractivity contribution is -0.384. The number of carboxylic acids is 1. The molecule has 0 aromatic carbocycles. The monoisotopic (exact) mass is 298 g/mol. The Labute approximate surface area is 123 Å². The molecule has 0 aliphatic heterocycles. The number of hydrogen-bond acceptors (Lipinski definition) is 5. The molecule has 1 rings (SSSR count). The van der Waals surface area contributed by atoms with E-state index < -0.39 is 10.9 Å². The van der Waals surface area contributed by atoms with Crippen molar-refractivity contribution in [3.05, 3.63) is 15.8 Å². The summed E-state index contributed by atoms with van der Waals surface area (Å²) >= 11 is 0. The van der Waals surface area contributed by atoms with E-state index in [1.54, 1.807) is 16.5 Å². The molecular weight excluding hydrogens is 276 g/mol. The molecule has 8 nitrogen and oxygen atoms in total. The van der Waals surface area contributed by atoms with Crippen molar-refractivity contribution in [1.29, 1.82) is 0 Å². The van der Waals surface area contributed by atoms with E-state index in [2.05, 4.69) is 5.10 Å². The van der Waals surface area contributed by atoms with E-state index in [4.69, 9.17) is 5.11 Å². The fraction of sp³-hybridized carbons (Fsp3) is 0.692. The number of aryl methyl sites for hydroxylation is 2. The first-order valence-electron chi connectivity index (χ1n) is 6.99. The first kappa shape index (κ1) is 16.9. The van der Waals surface area contributed by atoms with E-state index in [0.29, 0.717) is 18.1 Å². The van der Waals surface area contributed by atoms with Crippen molar-refractivity contribution < 1.29 is 14.8 Å². The third-order valence-corrected chi connectivity index (χ3v) is 3.15. The number of nitrogens with zero attached hydrogens (tertiary/aromatic N) is 4. The predicted octanol–water partition coefficient (Wildman–Crippen LogP) is 2.20. The molecule has 0 aliphatic carbocycles. The minimum absolute atomic E-state index is 0.0393. The Kier molecular flexibility index (Phi) is 5.69. The van der Waals surface area contributed by atoms with Crippen LogP contribution in [0.5, 0.6) is 0 Å². The maximum Gasteiger partial charge on any atom is 0.333 e. The highest BCUT2D eigenvalue weighted by atomic mass is 16.6. The molecule has 1 aromatic rings. The molecular formula is C13H22N4O4. The molecule has 0 bridgehead atoms. The zero-order valence-electron chi connectivity index (χ0n) is 12.9. The normalized spacial score (nSPS) is 10.9. The van der Waals surface area contributed by atoms with Gasteiger partial charge in [0.2, 0.25) is 5.82 Å². The van der Waals surface area contributed by atoms with Gasteiger partial charge in [0.25, 0.3) is 0 Å². The molecule has 21 heavy (non-hydrogen) atoms. The van der Waals surface area contributed by atoms with Crippen molar-refractivity contribution in [2.75, 3.05) is 11.4 Å². The summed E-state index contributed by atoms with van der Waals surface area (Å²) in [7, 11) is 0. The van der Waals surface area contributed by atoms with E-state index in [1.165, 1.54) is 0 Å². The predicted molar refractivity (Wildman–Crippen MR) is 78.6 cm³/mol. The van der Waals surface area contributed by atoms with Gasteiger partial charge in [-0.15, -0.1) is 0 Å². The summed E-state index contributed by atoms with van der Waals surface area (Å²) in [5.74, 6) is -0.530. The number of anilines is 1. The second-order valence-electron chi connectivity index (χ2n) is 5.17. The number of aromatic nitrogens is 2. The van der Waals surface area contributed by atoms with Gasteiger partial charge in [0.1, 0.15) is 5.69 Å². The van der Waals surface area contributed by atoms with Crippen molar-refractivity contribution in [3.63, 3.8) is 0 Å². The van der Waals surface area contributed by atoms with Gasteiger partial charge in [-0.1, -0.05) is 6.92 Å². The highest BCUT2D eigenvalue weighted by Crippen LogP contribution is 2.33. The summed E-state index contributed by atoms with van der Waals surface area (Å²) in [6, 6.07) is -0.0604. The maximum absolute atomic E-state index is 11.3. The average Bonchev–Trinajstić information content (AvgIpc) is 2.66. The van der Waals surface area contributed by atoms with E-state index in [-0.39, 0.29) is 24.7 Å². The van der Waals surface area contributed by atoms with Crippen LogP contribution in [0.15, 0.2) is 0 Å². The second-order valence-corrected chi connectivity index (χ2v) is 5.17. The van der Waals surface area contributed by atoms with E-state index in [0.717, 1.165) is 6.42 Å². The van der Waals surface area contributed by atoms with Crippen molar-refractivity contribution in [2.45, 2.75) is 53.1 Å². The fourth-order valence-corrected chi connectivity index (χ4v) is 2.25. The van der Waals surface area contributed by atoms with Crippen LogP contribution in [0.25, 0.3) is 0 Å². The lowest BCUT2D eigenvalue weighted by atomic mass is 10.2. The summed E-state index contributed by atoms with van der Waals surface area (Å²) in [6.45, 7) is 8.09. The molecule has 1 aromatic heterocycles. The summed E-state index contributed by atoms with van der Waals surface area (Å²) in [6.07, 6.45) is 0.710. The van der Waals surface area contributed by atoms with Crippen LogP contribution < -0.4 is 4.90 Å². The largest absolute Gasteiger partial charge is 0.481 e. The SMILES string of the molecule is CCCn1nc(C)c([N+](=O)[O-])c1N(CCC(=O)O)C(C)C. The van der Waals surface area contributed by atoms with Crippen LogP contribution >= 0.6 is 0 Å². The molecule has 0 amide bonds. The number of nitro groups is 1. The fourth-order valence-electron chi connectivity index (χ4n) is 2.25. The lowest BCUT2D eigenvalue weighted by Crippen LogP contribution is -2.35. The van der Waals surface area contributed by atoms with Crippen molar-refractivity contribution in [3.8, 4) is 0 Å². The van der Waals surface area contributed by atoms with E-state index in [9.17, 15) is 14.9 Å². The Morgan fingerprint density at radius 2 is 2.14 bits per heavy atom. The molecule has 1 N–H and O–H groups in total. The number of aliphatic carboxylic acids is 1. The topological polar surface area (TPSA) is 101 Å². The Bertz CT molecular complexity index is 524. The Morgan fingerprint density at radius 1 is 1.52 bits per heavy atom. The molecule has 8 heteroatoms. The maximum atomic E-state index is 11.3. The van der Waals surface area contributed by atoms with Crippen LogP contribution in [0.1, 0.15) is 39.3 Å². The van der Waals surface area contributed by atoms with E-state index in [1.807, 2.05) is 20.8 Å². The molecule has 0 atom stereocenters. The Morgan fingerprint density at radius 3 is 2.57 bits per heavy atom. The average molecular weight is 298 g/mol. The van der Waals surface area contributed by atoms with Crippen molar-refractivity contribution >= 4 is 17.5 Å². The summed E-state index contributed by atoms with van der Waals surface area (Å²) < 4.78 is 1.61. The molecule has 0 radical (unpaired) electrons. The van der Waals surface area contributed by atoms with Gasteiger partial charge in [0, 0.05) is 19.1 Å². The molecule has 0 spiro atoms. The van der Waals surface area contributed by atoms with Crippen LogP contribution in [-0.2, 0) is 11.3 Å². The minimum Gasteiger partial charge on any atom is -0.481 e. The van der Waals surface area contributed by atoms with Gasteiger partial charge in [0.15, 0.2) is 0 Å². The summed E-state index contributed by atoms with van der Waals surface area (Å²) in [5, 5.41) is 24.4. The van der Waals surface area contributed by atoms with Crippen LogP contribution in [0.4, 0.5) is 11.5 Å². The molecule has 0 saturated heterocycles. The Balaban J connectivity index is 3.32. The van der Waals surface area contributed by atoms with Gasteiger partial charge in [-0.2, -0.15) is 5.10 Å². The summed E-state index contributed by atoms with van der Waals surface area (Å²) in [4.78, 5) is 23.4. The first-order valence-corrected chi connectivity index (χ1v) is 6.99. The lowest BCUT2D eigenvalue weighted by Gasteiger charge is -2.27. The highest BCUT2D eigenvalue weighted by molar-refractivity contribution is 5.68. The van der Waals surface area contributed by atoms with Crippen LogP contribution in [-0.4, -0.2) is 38.4 Å². The molecule has 0 saturated carbocycles. The van der Waals surface area contributed by atoms with Gasteiger partial charge in [-0.25, -0.2) is 4.68 Å². The quantitative estimate of drug-likeness (QED) is 0.583. The molecule has 1 heterocycles. The van der Waals surface area contributed by atoms with Crippen LogP contribution in [0.3, 0.4) is 0 Å². The number of carboxylic acid groups (broad SMARTS) is 1. The first-order chi connectivity index (χ1) is 9.79. The van der Waals surface area contributed by atoms with Crippen molar-refractivity contribution in [2.24, 2.45) is 0 Å². The highest BCUT2D eigenvalue weighted by Gasteiger charge is 2.30. The van der Waals surface area contributed by atoms with Gasteiger partial charge in [-0.3, -0.25) is 14.9 Å². The zero-order chi connectivity index (χ0) is 16.2. The Hall–Kier alpha value is -2.12. The molecule has 0 fully saturated rings. The van der Waals surface area contributed by atoms with Gasteiger partial charge in [-0.05, 0) is 27.2 Å². The van der Waals surface area contributed by atoms with Gasteiger partial charge < -0.3 is 10.0 Å². The van der Waals surface area contributed by atoms with Crippen LogP contribution in [0.2, 0.25) is 0 Å². The van der Waals surface area contributed by atoms with Crippen LogP contribution in [0, 0.1) is 17.0 Å². The zero-order valence-corrected chi connectivity index (χ0v) is 12.9. The number of rotatable bonds is 8. The standard InChI is InChI=1S/C13H22N4O4/c1-5-7-16-13(12(17(20)21)10(4)14-16)15(9(2)3)8-6-11(18)19/h9H,5-8H2,1-4H3,(H,18,19). The summed E-state index contributed by atoms with van der Waals surface area (Å²) in [5.41, 5.74) is 0.312. The van der Waals surface area contributed by atoms with E-state index >= 15 is 0 Å². The third kappa shape index (κ3) is 3.93. The molecule has 0 unspecified atom stereocenters. The smallest absolute Gasteiger partial charge is 0.333 e.